The second-order valence-corrected chi connectivity index (χ2v) is 9.09. The number of nitrogens with one attached hydrogen (secondary N) is 1. The summed E-state index contributed by atoms with van der Waals surface area (Å²) in [7, 11) is 1.62. The normalized spacial score (nSPS) is 12.2. The first-order chi connectivity index (χ1) is 18.5. The third-order valence-corrected chi connectivity index (χ3v) is 6.54. The van der Waals surface area contributed by atoms with E-state index < -0.39 is 0 Å². The summed E-state index contributed by atoms with van der Waals surface area (Å²) in [5, 5.41) is 13.4. The van der Waals surface area contributed by atoms with E-state index in [1.165, 1.54) is 12.1 Å². The maximum Gasteiger partial charge on any atom is 0.252 e. The number of ether oxygens (including phenoxy) is 1. The molecule has 9 nitrogen and oxygen atoms in total. The fraction of sp³-hybridized carbons (Fsp3) is 0.250. The summed E-state index contributed by atoms with van der Waals surface area (Å²) in [5.74, 6) is 1.09. The number of aromatic nitrogens is 6. The molecule has 0 spiro atoms. The molecule has 10 heteroatoms. The van der Waals surface area contributed by atoms with Gasteiger partial charge < -0.3 is 9.72 Å². The van der Waals surface area contributed by atoms with Crippen molar-refractivity contribution in [3.05, 3.63) is 112 Å². The molecule has 3 heterocycles. The lowest BCUT2D eigenvalue weighted by Crippen LogP contribution is -2.32. The Morgan fingerprint density at radius 1 is 1.08 bits per heavy atom. The Bertz CT molecular complexity index is 1570. The Kier molecular flexibility index (Phi) is 7.50. The highest BCUT2D eigenvalue weighted by Gasteiger charge is 2.26. The zero-order valence-electron chi connectivity index (χ0n) is 21.2. The molecule has 2 aromatic carbocycles. The van der Waals surface area contributed by atoms with Crippen molar-refractivity contribution in [2.24, 2.45) is 0 Å². The van der Waals surface area contributed by atoms with Crippen LogP contribution in [0.5, 0.6) is 5.75 Å². The van der Waals surface area contributed by atoms with Crippen molar-refractivity contribution in [1.29, 1.82) is 0 Å². The summed E-state index contributed by atoms with van der Waals surface area (Å²) in [6.45, 7) is 3.36. The van der Waals surface area contributed by atoms with Gasteiger partial charge in [0.05, 0.1) is 19.7 Å². The first kappa shape index (κ1) is 25.2. The number of hydrogen-bond donors (Lipinski definition) is 1. The molecule has 0 aliphatic rings. The molecule has 1 atom stereocenters. The Morgan fingerprint density at radius 3 is 2.66 bits per heavy atom. The van der Waals surface area contributed by atoms with Gasteiger partial charge in [-0.25, -0.2) is 9.07 Å². The second-order valence-electron chi connectivity index (χ2n) is 9.09. The van der Waals surface area contributed by atoms with Crippen molar-refractivity contribution < 1.29 is 9.13 Å². The Labute approximate surface area is 218 Å². The molecule has 0 fully saturated rings. The second kappa shape index (κ2) is 11.3. The minimum absolute atomic E-state index is 0.153. The van der Waals surface area contributed by atoms with Gasteiger partial charge in [0.25, 0.3) is 5.56 Å². The number of aromatic amines is 1. The molecule has 0 radical (unpaired) electrons. The fourth-order valence-electron chi connectivity index (χ4n) is 4.63. The van der Waals surface area contributed by atoms with Crippen molar-refractivity contribution in [3.63, 3.8) is 0 Å². The lowest BCUT2D eigenvalue weighted by Gasteiger charge is -2.30. The van der Waals surface area contributed by atoms with E-state index in [2.05, 4.69) is 37.3 Å². The number of methoxy groups -OCH3 is 1. The minimum Gasteiger partial charge on any atom is -0.497 e. The van der Waals surface area contributed by atoms with Crippen molar-refractivity contribution in [1.82, 2.24) is 35.1 Å². The number of nitrogens with zero attached hydrogens (tertiary/aromatic N) is 6. The highest BCUT2D eigenvalue weighted by atomic mass is 19.1. The Morgan fingerprint density at radius 2 is 1.92 bits per heavy atom. The van der Waals surface area contributed by atoms with Crippen LogP contribution in [0.4, 0.5) is 4.39 Å². The molecule has 0 aliphatic heterocycles. The molecule has 0 bridgehead atoms. The Balaban J connectivity index is 1.51. The third kappa shape index (κ3) is 5.60. The van der Waals surface area contributed by atoms with Gasteiger partial charge in [0.1, 0.15) is 11.6 Å². The first-order valence-electron chi connectivity index (χ1n) is 12.4. The van der Waals surface area contributed by atoms with Crippen molar-refractivity contribution >= 4 is 10.9 Å². The van der Waals surface area contributed by atoms with E-state index in [0.29, 0.717) is 43.2 Å². The number of pyridine rings is 2. The quantitative estimate of drug-likeness (QED) is 0.298. The van der Waals surface area contributed by atoms with Gasteiger partial charge in [0, 0.05) is 41.9 Å². The SMILES string of the molecule is CCC(c1nnnn1Cc1ccc(F)cc1)N(Cc1cccnc1)Cc1cc2cc(OC)ccc2[nH]c1=O. The summed E-state index contributed by atoms with van der Waals surface area (Å²) in [5.41, 5.74) is 3.09. The van der Waals surface area contributed by atoms with E-state index in [-0.39, 0.29) is 17.4 Å². The number of halogens is 1. The van der Waals surface area contributed by atoms with E-state index in [4.69, 9.17) is 4.74 Å². The van der Waals surface area contributed by atoms with Gasteiger partial charge >= 0.3 is 0 Å². The van der Waals surface area contributed by atoms with Crippen molar-refractivity contribution in [2.45, 2.75) is 39.0 Å². The van der Waals surface area contributed by atoms with Gasteiger partial charge in [-0.2, -0.15) is 0 Å². The van der Waals surface area contributed by atoms with Gasteiger partial charge in [-0.3, -0.25) is 14.7 Å². The molecule has 0 saturated heterocycles. The van der Waals surface area contributed by atoms with E-state index >= 15 is 0 Å². The van der Waals surface area contributed by atoms with E-state index in [1.54, 1.807) is 30.1 Å². The van der Waals surface area contributed by atoms with Crippen LogP contribution in [0.25, 0.3) is 10.9 Å². The van der Waals surface area contributed by atoms with Crippen molar-refractivity contribution in [2.75, 3.05) is 7.11 Å². The van der Waals surface area contributed by atoms with Gasteiger partial charge in [-0.1, -0.05) is 25.1 Å². The number of benzene rings is 2. The average molecular weight is 514 g/mol. The molecule has 0 aliphatic carbocycles. The monoisotopic (exact) mass is 513 g/mol. The van der Waals surface area contributed by atoms with E-state index in [9.17, 15) is 9.18 Å². The molecular formula is C28H28FN7O2. The minimum atomic E-state index is -0.294. The topological polar surface area (TPSA) is 102 Å². The molecule has 0 saturated carbocycles. The molecule has 5 rings (SSSR count). The first-order valence-corrected chi connectivity index (χ1v) is 12.4. The van der Waals surface area contributed by atoms with Crippen molar-refractivity contribution in [3.8, 4) is 5.75 Å². The summed E-state index contributed by atoms with van der Waals surface area (Å²) in [4.78, 5) is 22.5. The standard InChI is InChI=1S/C28H28FN7O2/c1-3-26(27-32-33-34-36(27)17-19-6-8-23(29)9-7-19)35(16-20-5-4-12-30-15-20)18-22-13-21-14-24(38-2)10-11-25(21)31-28(22)37/h4-15,26H,3,16-18H2,1-2H3,(H,31,37). The summed E-state index contributed by atoms with van der Waals surface area (Å²) >= 11 is 0. The van der Waals surface area contributed by atoms with Crippen LogP contribution < -0.4 is 10.3 Å². The average Bonchev–Trinajstić information content (AvgIpc) is 3.38. The predicted octanol–water partition coefficient (Wildman–Crippen LogP) is 4.26. The molecular weight excluding hydrogens is 485 g/mol. The summed E-state index contributed by atoms with van der Waals surface area (Å²) in [6, 6.07) is 17.4. The van der Waals surface area contributed by atoms with Gasteiger partial charge in [-0.05, 0) is 70.4 Å². The molecule has 1 N–H and O–H groups in total. The van der Waals surface area contributed by atoms with Crippen LogP contribution >= 0.6 is 0 Å². The van der Waals surface area contributed by atoms with Crippen LogP contribution in [0, 0.1) is 5.82 Å². The third-order valence-electron chi connectivity index (χ3n) is 6.54. The van der Waals surface area contributed by atoms with Crippen LogP contribution in [0.15, 0.2) is 77.9 Å². The Hall–Kier alpha value is -4.44. The highest BCUT2D eigenvalue weighted by molar-refractivity contribution is 5.80. The lowest BCUT2D eigenvalue weighted by molar-refractivity contribution is 0.161. The number of H-pyrrole nitrogens is 1. The zero-order valence-corrected chi connectivity index (χ0v) is 21.2. The van der Waals surface area contributed by atoms with Crippen LogP contribution in [-0.2, 0) is 19.6 Å². The summed E-state index contributed by atoms with van der Waals surface area (Å²) in [6.07, 6.45) is 4.25. The fourth-order valence-corrected chi connectivity index (χ4v) is 4.63. The zero-order chi connectivity index (χ0) is 26.5. The van der Waals surface area contributed by atoms with Gasteiger partial charge in [-0.15, -0.1) is 5.10 Å². The van der Waals surface area contributed by atoms with Crippen LogP contribution in [0.1, 0.15) is 41.9 Å². The maximum atomic E-state index is 13.4. The van der Waals surface area contributed by atoms with E-state index in [0.717, 1.165) is 22.0 Å². The molecule has 0 amide bonds. The number of fused-ring (bicyclic) bond motifs is 1. The number of hydrogen-bond acceptors (Lipinski definition) is 7. The molecule has 5 aromatic rings. The maximum absolute atomic E-state index is 13.4. The highest BCUT2D eigenvalue weighted by Crippen LogP contribution is 2.27. The van der Waals surface area contributed by atoms with Crippen LogP contribution in [0.2, 0.25) is 0 Å². The van der Waals surface area contributed by atoms with Crippen LogP contribution in [0.3, 0.4) is 0 Å². The lowest BCUT2D eigenvalue weighted by atomic mass is 10.1. The van der Waals surface area contributed by atoms with Gasteiger partial charge in [0.2, 0.25) is 0 Å². The van der Waals surface area contributed by atoms with E-state index in [1.807, 2.05) is 42.6 Å². The largest absolute Gasteiger partial charge is 0.497 e. The molecule has 1 unspecified atom stereocenters. The molecule has 38 heavy (non-hydrogen) atoms. The number of rotatable bonds is 10. The number of tetrazole rings is 1. The molecule has 194 valence electrons. The van der Waals surface area contributed by atoms with Crippen LogP contribution in [-0.4, -0.2) is 42.2 Å². The predicted molar refractivity (Wildman–Crippen MR) is 141 cm³/mol. The molecule has 3 aromatic heterocycles. The van der Waals surface area contributed by atoms with Gasteiger partial charge in [0.15, 0.2) is 5.82 Å². The smallest absolute Gasteiger partial charge is 0.252 e. The summed E-state index contributed by atoms with van der Waals surface area (Å²) < 4.78 is 20.5.